The van der Waals surface area contributed by atoms with E-state index in [2.05, 4.69) is 24.0 Å². The van der Waals surface area contributed by atoms with E-state index >= 15 is 0 Å². The van der Waals surface area contributed by atoms with E-state index in [-0.39, 0.29) is 11.6 Å². The average Bonchev–Trinajstić information content (AvgIpc) is 3.06. The molecule has 0 N–H and O–H groups in total. The van der Waals surface area contributed by atoms with Crippen molar-refractivity contribution in [1.29, 1.82) is 0 Å². The second kappa shape index (κ2) is 6.73. The van der Waals surface area contributed by atoms with Crippen LogP contribution in [0.4, 0.5) is 0 Å². The highest BCUT2D eigenvalue weighted by atomic mass is 33.5. The Labute approximate surface area is 133 Å². The molecule has 2 aliphatic heterocycles. The van der Waals surface area contributed by atoms with Gasteiger partial charge in [0, 0.05) is 11.1 Å². The van der Waals surface area contributed by atoms with Crippen LogP contribution in [0, 0.1) is 0 Å². The van der Waals surface area contributed by atoms with Gasteiger partial charge in [0.15, 0.2) is 11.6 Å². The van der Waals surface area contributed by atoms with Crippen molar-refractivity contribution in [3.8, 4) is 0 Å². The highest BCUT2D eigenvalue weighted by molar-refractivity contribution is 9.20. The van der Waals surface area contributed by atoms with E-state index in [0.717, 1.165) is 11.1 Å². The Bertz CT molecular complexity index is 594. The zero-order valence-corrected chi connectivity index (χ0v) is 14.6. The largest absolute Gasteiger partial charge is 0.289 e. The van der Waals surface area contributed by atoms with E-state index in [1.54, 1.807) is 13.8 Å². The number of Topliss-reactive ketones (excluding diaryl/α,β-unsaturated/α-hetero) is 2. The number of carbonyl (C=O) groups excluding carboxylic acids is 2. The summed E-state index contributed by atoms with van der Waals surface area (Å²) in [6, 6.07) is 0. The summed E-state index contributed by atoms with van der Waals surface area (Å²) in [5, 5.41) is 8.22. The van der Waals surface area contributed by atoms with E-state index in [9.17, 15) is 9.59 Å². The Morgan fingerprint density at radius 3 is 1.62 bits per heavy atom. The molecule has 2 atom stereocenters. The van der Waals surface area contributed by atoms with Crippen LogP contribution in [0.15, 0.2) is 69.2 Å². The van der Waals surface area contributed by atoms with Crippen LogP contribution in [-0.2, 0) is 9.59 Å². The zero-order chi connectivity index (χ0) is 15.6. The lowest BCUT2D eigenvalue weighted by Crippen LogP contribution is -1.98. The van der Waals surface area contributed by atoms with Crippen LogP contribution >= 0.6 is 29.7 Å². The maximum Gasteiger partial charge on any atom is 0.188 e. The smallest absolute Gasteiger partial charge is 0.188 e. The molecule has 2 rings (SSSR count). The van der Waals surface area contributed by atoms with Crippen molar-refractivity contribution in [1.82, 2.24) is 0 Å². The number of hydrogen-bond donors (Lipinski definition) is 2. The molecule has 0 aromatic rings. The van der Waals surface area contributed by atoms with Crippen LogP contribution in [0.2, 0.25) is 0 Å². The number of carbonyl (C=O) groups is 2. The van der Waals surface area contributed by atoms with Gasteiger partial charge in [-0.15, -0.1) is 0 Å². The van der Waals surface area contributed by atoms with Crippen molar-refractivity contribution in [2.75, 3.05) is 0 Å². The van der Waals surface area contributed by atoms with Gasteiger partial charge in [-0.3, -0.25) is 9.59 Å². The Morgan fingerprint density at radius 2 is 1.29 bits per heavy atom. The third-order valence-electron chi connectivity index (χ3n) is 2.82. The van der Waals surface area contributed by atoms with Gasteiger partial charge < -0.3 is 0 Å². The molecule has 2 nitrogen and oxygen atoms in total. The molecule has 0 aromatic carbocycles. The normalized spacial score (nSPS) is 26.4. The molecule has 0 aliphatic carbocycles. The maximum absolute atomic E-state index is 11.9. The van der Waals surface area contributed by atoms with E-state index in [0.29, 0.717) is 11.1 Å². The fourth-order valence-electron chi connectivity index (χ4n) is 1.73. The molecule has 0 spiro atoms. The van der Waals surface area contributed by atoms with Gasteiger partial charge in [0.05, 0.1) is 0 Å². The highest BCUT2D eigenvalue weighted by Crippen LogP contribution is 2.63. The van der Waals surface area contributed by atoms with Crippen LogP contribution in [0.3, 0.4) is 0 Å². The first kappa shape index (κ1) is 16.2. The molecule has 0 radical (unpaired) electrons. The maximum atomic E-state index is 11.9. The third kappa shape index (κ3) is 3.93. The Hall–Kier alpha value is -1.17. The summed E-state index contributed by atoms with van der Waals surface area (Å²) >= 11 is 0. The van der Waals surface area contributed by atoms with Crippen LogP contribution < -0.4 is 0 Å². The van der Waals surface area contributed by atoms with Crippen LogP contribution in [0.5, 0.6) is 0 Å². The number of allylic oxidation sites excluding steroid dienone is 6. The molecular formula is C16H18O2S3. The fourth-order valence-corrected chi connectivity index (χ4v) is 9.99. The van der Waals surface area contributed by atoms with E-state index < -0.39 is 19.9 Å². The minimum absolute atomic E-state index is 0.0142. The van der Waals surface area contributed by atoms with Gasteiger partial charge in [-0.1, -0.05) is 23.0 Å². The summed E-state index contributed by atoms with van der Waals surface area (Å²) < 4.78 is 0. The number of ketones is 2. The van der Waals surface area contributed by atoms with Crippen molar-refractivity contribution < 1.29 is 9.59 Å². The monoisotopic (exact) mass is 338 g/mol. The summed E-state index contributed by atoms with van der Waals surface area (Å²) in [6.45, 7) is 10.8. The zero-order valence-electron chi connectivity index (χ0n) is 12.0. The summed E-state index contributed by atoms with van der Waals surface area (Å²) in [4.78, 5) is 23.7. The van der Waals surface area contributed by atoms with Crippen molar-refractivity contribution in [2.45, 2.75) is 13.8 Å². The van der Waals surface area contributed by atoms with Gasteiger partial charge in [-0.2, -0.15) is 19.9 Å². The first-order valence-electron chi connectivity index (χ1n) is 6.33. The Morgan fingerprint density at radius 1 is 0.905 bits per heavy atom. The molecule has 112 valence electrons. The van der Waals surface area contributed by atoms with Crippen LogP contribution in [0.1, 0.15) is 13.8 Å². The third-order valence-corrected chi connectivity index (χ3v) is 11.0. The molecule has 2 aliphatic rings. The van der Waals surface area contributed by atoms with Gasteiger partial charge in [0.1, 0.15) is 0 Å². The summed E-state index contributed by atoms with van der Waals surface area (Å²) in [7, 11) is 0.830. The highest BCUT2D eigenvalue weighted by Gasteiger charge is 2.18. The van der Waals surface area contributed by atoms with Gasteiger partial charge in [-0.05, 0) is 58.8 Å². The predicted molar refractivity (Wildman–Crippen MR) is 99.7 cm³/mol. The molecule has 5 heteroatoms. The van der Waals surface area contributed by atoms with E-state index in [1.165, 1.54) is 0 Å². The van der Waals surface area contributed by atoms with Crippen molar-refractivity contribution in [2.24, 2.45) is 0 Å². The number of thiol groups is 2. The predicted octanol–water partition coefficient (Wildman–Crippen LogP) is 4.66. The summed E-state index contributed by atoms with van der Waals surface area (Å²) in [6.07, 6.45) is 3.77. The fraction of sp³-hybridized carbons (Fsp3) is 0.125. The van der Waals surface area contributed by atoms with Gasteiger partial charge in [-0.25, -0.2) is 0 Å². The molecule has 0 saturated carbocycles. The van der Waals surface area contributed by atoms with E-state index in [1.807, 2.05) is 32.8 Å². The lowest BCUT2D eigenvalue weighted by molar-refractivity contribution is -0.112. The first-order valence-corrected chi connectivity index (χ1v) is 11.3. The van der Waals surface area contributed by atoms with Gasteiger partial charge in [0.2, 0.25) is 0 Å². The van der Waals surface area contributed by atoms with Gasteiger partial charge in [0.25, 0.3) is 0 Å². The summed E-state index contributed by atoms with van der Waals surface area (Å²) in [5.41, 5.74) is 2.60. The quantitative estimate of drug-likeness (QED) is 0.420. The average molecular weight is 339 g/mol. The molecule has 0 saturated heterocycles. The lowest BCUT2D eigenvalue weighted by atomic mass is 10.1. The first-order chi connectivity index (χ1) is 9.88. The molecule has 2 heterocycles. The topological polar surface area (TPSA) is 34.1 Å². The molecule has 0 bridgehead atoms. The number of rotatable bonds is 6. The second-order valence-corrected chi connectivity index (χ2v) is 12.0. The second-order valence-electron chi connectivity index (χ2n) is 4.82. The molecule has 0 aromatic heterocycles. The van der Waals surface area contributed by atoms with Crippen molar-refractivity contribution in [3.05, 3.63) is 69.2 Å². The van der Waals surface area contributed by atoms with Crippen LogP contribution in [-0.4, -0.2) is 11.6 Å². The Kier molecular flexibility index (Phi) is 5.19. The number of hydrogen-bond acceptors (Lipinski definition) is 3. The lowest BCUT2D eigenvalue weighted by Gasteiger charge is -2.15. The standard InChI is InChI=1S/C16H18O2S3/c1-11(2)15(17)13-5-7-20(9-13)19-21-8-6-14(10-21)16(18)12(3)4/h5-10,20-21H,1,3H2,2,4H3. The molecule has 2 unspecified atom stereocenters. The molecule has 0 amide bonds. The SMILES string of the molecule is C=C(C)C(=O)C1=C[SH](S[SH]2C=CC(C(=O)C(=C)C)=C2)C=C1. The summed E-state index contributed by atoms with van der Waals surface area (Å²) in [5.74, 6) is 0.0283. The Balaban J connectivity index is 2.00. The minimum atomic E-state index is -0.495. The van der Waals surface area contributed by atoms with Crippen molar-refractivity contribution in [3.63, 3.8) is 0 Å². The molecule has 0 fully saturated rings. The molecular weight excluding hydrogens is 320 g/mol. The molecule has 21 heavy (non-hydrogen) atoms. The minimum Gasteiger partial charge on any atom is -0.289 e. The van der Waals surface area contributed by atoms with Crippen molar-refractivity contribution >= 4 is 41.2 Å². The van der Waals surface area contributed by atoms with E-state index in [4.69, 9.17) is 0 Å². The van der Waals surface area contributed by atoms with Crippen LogP contribution in [0.25, 0.3) is 0 Å². The van der Waals surface area contributed by atoms with Gasteiger partial charge >= 0.3 is 0 Å².